The summed E-state index contributed by atoms with van der Waals surface area (Å²) in [5, 5.41) is 5.87. The van der Waals surface area contributed by atoms with Crippen molar-refractivity contribution in [3.63, 3.8) is 0 Å². The number of halogens is 1. The molecule has 1 unspecified atom stereocenters. The lowest BCUT2D eigenvalue weighted by Crippen LogP contribution is -2.35. The second kappa shape index (κ2) is 6.67. The van der Waals surface area contributed by atoms with Crippen molar-refractivity contribution < 1.29 is 9.18 Å². The molecule has 0 aliphatic heterocycles. The van der Waals surface area contributed by atoms with Gasteiger partial charge in [-0.25, -0.2) is 9.37 Å². The minimum atomic E-state index is -0.272. The quantitative estimate of drug-likeness (QED) is 0.842. The van der Waals surface area contributed by atoms with Crippen molar-refractivity contribution in [3.8, 4) is 0 Å². The molecule has 2 N–H and O–H groups in total. The normalized spacial score (nSPS) is 12.6. The molecular weight excluding hydrogens is 271 g/mol. The van der Waals surface area contributed by atoms with E-state index in [1.54, 1.807) is 6.07 Å². The van der Waals surface area contributed by atoms with Crippen LogP contribution in [0.15, 0.2) is 18.2 Å². The number of imidazole rings is 1. The highest BCUT2D eigenvalue weighted by Gasteiger charge is 2.12. The van der Waals surface area contributed by atoms with E-state index in [0.29, 0.717) is 19.5 Å². The minimum absolute atomic E-state index is 0.0224. The zero-order chi connectivity index (χ0) is 15.4. The van der Waals surface area contributed by atoms with Crippen LogP contribution < -0.4 is 10.6 Å². The summed E-state index contributed by atoms with van der Waals surface area (Å²) >= 11 is 0. The lowest BCUT2D eigenvalue weighted by Gasteiger charge is -2.11. The molecule has 6 heteroatoms. The highest BCUT2D eigenvalue weighted by molar-refractivity contribution is 5.78. The van der Waals surface area contributed by atoms with Gasteiger partial charge in [0.1, 0.15) is 11.6 Å². The standard InChI is InChI=1S/C15H21FN4O/c1-10(9-17-2)15(21)18-7-6-14-19-12-5-4-11(16)8-13(12)20(14)3/h4-5,8,10,17H,6-7,9H2,1-3H3,(H,18,21). The maximum atomic E-state index is 13.2. The number of aryl methyl sites for hydroxylation is 1. The largest absolute Gasteiger partial charge is 0.355 e. The Bertz CT molecular complexity index is 638. The Labute approximate surface area is 123 Å². The van der Waals surface area contributed by atoms with Gasteiger partial charge in [0, 0.05) is 32.5 Å². The summed E-state index contributed by atoms with van der Waals surface area (Å²) in [6, 6.07) is 4.54. The molecule has 1 amide bonds. The Balaban J connectivity index is 1.98. The molecule has 2 rings (SSSR count). The number of aromatic nitrogens is 2. The summed E-state index contributed by atoms with van der Waals surface area (Å²) in [4.78, 5) is 16.3. The van der Waals surface area contributed by atoms with Gasteiger partial charge in [-0.2, -0.15) is 0 Å². The molecule has 114 valence electrons. The molecule has 0 aliphatic carbocycles. The number of carbonyl (C=O) groups excluding carboxylic acids is 1. The van der Waals surface area contributed by atoms with Crippen LogP contribution in [0.3, 0.4) is 0 Å². The molecule has 1 aromatic carbocycles. The number of rotatable bonds is 6. The second-order valence-corrected chi connectivity index (χ2v) is 5.22. The molecular formula is C15H21FN4O. The Morgan fingerprint density at radius 1 is 1.48 bits per heavy atom. The zero-order valence-electron chi connectivity index (χ0n) is 12.6. The van der Waals surface area contributed by atoms with Crippen molar-refractivity contribution in [1.82, 2.24) is 20.2 Å². The first kappa shape index (κ1) is 15.4. The molecule has 1 atom stereocenters. The predicted molar refractivity (Wildman–Crippen MR) is 80.5 cm³/mol. The smallest absolute Gasteiger partial charge is 0.224 e. The first-order chi connectivity index (χ1) is 10.0. The Morgan fingerprint density at radius 2 is 2.24 bits per heavy atom. The van der Waals surface area contributed by atoms with Gasteiger partial charge < -0.3 is 15.2 Å². The number of hydrogen-bond acceptors (Lipinski definition) is 3. The number of hydrogen-bond donors (Lipinski definition) is 2. The first-order valence-corrected chi connectivity index (χ1v) is 7.06. The SMILES string of the molecule is CNCC(C)C(=O)NCCc1nc2ccc(F)cc2n1C. The molecule has 1 heterocycles. The molecule has 2 aromatic rings. The van der Waals surface area contributed by atoms with E-state index in [-0.39, 0.29) is 17.6 Å². The maximum Gasteiger partial charge on any atom is 0.224 e. The van der Waals surface area contributed by atoms with Crippen molar-refractivity contribution in [1.29, 1.82) is 0 Å². The van der Waals surface area contributed by atoms with Crippen LogP contribution in [0, 0.1) is 11.7 Å². The van der Waals surface area contributed by atoms with E-state index in [4.69, 9.17) is 0 Å². The van der Waals surface area contributed by atoms with Gasteiger partial charge in [0.15, 0.2) is 0 Å². The van der Waals surface area contributed by atoms with Crippen LogP contribution in [-0.4, -0.2) is 35.6 Å². The number of nitrogens with one attached hydrogen (secondary N) is 2. The third-order valence-corrected chi connectivity index (χ3v) is 3.54. The van der Waals surface area contributed by atoms with Crippen LogP contribution in [-0.2, 0) is 18.3 Å². The van der Waals surface area contributed by atoms with Crippen molar-refractivity contribution >= 4 is 16.9 Å². The average Bonchev–Trinajstić information content (AvgIpc) is 2.76. The van der Waals surface area contributed by atoms with Gasteiger partial charge in [-0.1, -0.05) is 6.92 Å². The summed E-state index contributed by atoms with van der Waals surface area (Å²) in [7, 11) is 3.68. The van der Waals surface area contributed by atoms with Gasteiger partial charge in [0.2, 0.25) is 5.91 Å². The molecule has 0 saturated heterocycles. The van der Waals surface area contributed by atoms with E-state index in [1.807, 2.05) is 25.6 Å². The third kappa shape index (κ3) is 3.58. The van der Waals surface area contributed by atoms with Crippen LogP contribution in [0.25, 0.3) is 11.0 Å². The second-order valence-electron chi connectivity index (χ2n) is 5.22. The summed E-state index contributed by atoms with van der Waals surface area (Å²) in [5.41, 5.74) is 1.53. The van der Waals surface area contributed by atoms with E-state index >= 15 is 0 Å². The minimum Gasteiger partial charge on any atom is -0.355 e. The number of carbonyl (C=O) groups is 1. The lowest BCUT2D eigenvalue weighted by atomic mass is 10.1. The fourth-order valence-corrected chi connectivity index (χ4v) is 2.31. The van der Waals surface area contributed by atoms with E-state index in [9.17, 15) is 9.18 Å². The van der Waals surface area contributed by atoms with Crippen molar-refractivity contribution in [2.24, 2.45) is 13.0 Å². The Hall–Kier alpha value is -1.95. The van der Waals surface area contributed by atoms with Crippen LogP contribution in [0.2, 0.25) is 0 Å². The molecule has 0 saturated carbocycles. The van der Waals surface area contributed by atoms with Gasteiger partial charge in [-0.15, -0.1) is 0 Å². The highest BCUT2D eigenvalue weighted by Crippen LogP contribution is 2.16. The van der Waals surface area contributed by atoms with E-state index in [0.717, 1.165) is 16.9 Å². The first-order valence-electron chi connectivity index (χ1n) is 7.06. The number of nitrogens with zero attached hydrogens (tertiary/aromatic N) is 2. The van der Waals surface area contributed by atoms with Crippen LogP contribution in [0.1, 0.15) is 12.7 Å². The van der Waals surface area contributed by atoms with Gasteiger partial charge in [0.25, 0.3) is 0 Å². The fourth-order valence-electron chi connectivity index (χ4n) is 2.31. The van der Waals surface area contributed by atoms with Gasteiger partial charge in [0.05, 0.1) is 11.0 Å². The Kier molecular flexibility index (Phi) is 4.90. The molecule has 0 radical (unpaired) electrons. The van der Waals surface area contributed by atoms with Crippen molar-refractivity contribution in [2.45, 2.75) is 13.3 Å². The maximum absolute atomic E-state index is 13.2. The summed E-state index contributed by atoms with van der Waals surface area (Å²) < 4.78 is 15.1. The lowest BCUT2D eigenvalue weighted by molar-refractivity contribution is -0.124. The van der Waals surface area contributed by atoms with E-state index in [2.05, 4.69) is 15.6 Å². The monoisotopic (exact) mass is 292 g/mol. The van der Waals surface area contributed by atoms with Gasteiger partial charge >= 0.3 is 0 Å². The molecule has 5 nitrogen and oxygen atoms in total. The van der Waals surface area contributed by atoms with E-state index in [1.165, 1.54) is 12.1 Å². The molecule has 21 heavy (non-hydrogen) atoms. The number of benzene rings is 1. The predicted octanol–water partition coefficient (Wildman–Crippen LogP) is 1.23. The van der Waals surface area contributed by atoms with Crippen LogP contribution >= 0.6 is 0 Å². The average molecular weight is 292 g/mol. The summed E-state index contributed by atoms with van der Waals surface area (Å²) in [6.07, 6.45) is 0.616. The van der Waals surface area contributed by atoms with Crippen molar-refractivity contribution in [3.05, 3.63) is 29.8 Å². The summed E-state index contributed by atoms with van der Waals surface area (Å²) in [5.74, 6) is 0.516. The molecule has 0 fully saturated rings. The Morgan fingerprint density at radius 3 is 2.95 bits per heavy atom. The third-order valence-electron chi connectivity index (χ3n) is 3.54. The molecule has 1 aromatic heterocycles. The topological polar surface area (TPSA) is 59.0 Å². The van der Waals surface area contributed by atoms with Gasteiger partial charge in [-0.05, 0) is 25.2 Å². The zero-order valence-corrected chi connectivity index (χ0v) is 12.6. The van der Waals surface area contributed by atoms with Crippen molar-refractivity contribution in [2.75, 3.05) is 20.1 Å². The molecule has 0 aliphatic rings. The molecule has 0 spiro atoms. The number of fused-ring (bicyclic) bond motifs is 1. The van der Waals surface area contributed by atoms with E-state index < -0.39 is 0 Å². The highest BCUT2D eigenvalue weighted by atomic mass is 19.1. The van der Waals surface area contributed by atoms with Gasteiger partial charge in [-0.3, -0.25) is 4.79 Å². The van der Waals surface area contributed by atoms with Crippen LogP contribution in [0.4, 0.5) is 4.39 Å². The fraction of sp³-hybridized carbons (Fsp3) is 0.467. The van der Waals surface area contributed by atoms with Crippen LogP contribution in [0.5, 0.6) is 0 Å². The summed E-state index contributed by atoms with van der Waals surface area (Å²) in [6.45, 7) is 3.05. The molecule has 0 bridgehead atoms. The number of amides is 1.